The van der Waals surface area contributed by atoms with Gasteiger partial charge < -0.3 is 5.32 Å². The first-order chi connectivity index (χ1) is 15.7. The van der Waals surface area contributed by atoms with Gasteiger partial charge in [0.25, 0.3) is 0 Å². The van der Waals surface area contributed by atoms with Gasteiger partial charge in [-0.3, -0.25) is 14.3 Å². The van der Waals surface area contributed by atoms with Gasteiger partial charge in [0.15, 0.2) is 11.0 Å². The molecule has 0 saturated heterocycles. The minimum absolute atomic E-state index is 0.117. The molecule has 0 bridgehead atoms. The van der Waals surface area contributed by atoms with Crippen molar-refractivity contribution in [2.24, 2.45) is 0 Å². The number of carbonyl (C=O) groups excluding carboxylic acids is 1. The lowest BCUT2D eigenvalue weighted by Crippen LogP contribution is -2.30. The molecule has 1 N–H and O–H groups in total. The summed E-state index contributed by atoms with van der Waals surface area (Å²) in [5.41, 5.74) is 1.80. The van der Waals surface area contributed by atoms with E-state index in [0.29, 0.717) is 6.04 Å². The van der Waals surface area contributed by atoms with E-state index in [1.807, 2.05) is 29.6 Å². The van der Waals surface area contributed by atoms with E-state index in [2.05, 4.69) is 25.1 Å². The Morgan fingerprint density at radius 1 is 1.16 bits per heavy atom. The van der Waals surface area contributed by atoms with Crippen LogP contribution in [0.2, 0.25) is 0 Å². The Balaban J connectivity index is 1.31. The fourth-order valence-corrected chi connectivity index (χ4v) is 5.12. The molecule has 0 radical (unpaired) electrons. The van der Waals surface area contributed by atoms with Crippen LogP contribution >= 0.6 is 23.1 Å². The molecule has 6 nitrogen and oxygen atoms in total. The summed E-state index contributed by atoms with van der Waals surface area (Å²) in [6, 6.07) is 14.0. The molecule has 4 aromatic rings. The van der Waals surface area contributed by atoms with Crippen molar-refractivity contribution in [1.29, 1.82) is 0 Å². The van der Waals surface area contributed by atoms with Crippen molar-refractivity contribution in [2.75, 3.05) is 5.75 Å². The normalized spacial score (nSPS) is 14.3. The molecule has 3 aromatic heterocycles. The molecular formula is C23H20FN5OS2. The first-order valence-corrected chi connectivity index (χ1v) is 12.1. The summed E-state index contributed by atoms with van der Waals surface area (Å²) in [5.74, 6) is 0.601. The van der Waals surface area contributed by atoms with Crippen molar-refractivity contribution in [2.45, 2.75) is 30.1 Å². The molecule has 1 aliphatic rings. The lowest BCUT2D eigenvalue weighted by atomic mass is 10.1. The number of aromatic nitrogens is 4. The molecule has 0 spiro atoms. The third kappa shape index (κ3) is 4.58. The summed E-state index contributed by atoms with van der Waals surface area (Å²) in [4.78, 5) is 17.9. The zero-order chi connectivity index (χ0) is 21.9. The number of benzene rings is 1. The lowest BCUT2D eigenvalue weighted by Gasteiger charge is -2.18. The van der Waals surface area contributed by atoms with Crippen LogP contribution in [0.15, 0.2) is 71.5 Å². The largest absolute Gasteiger partial charge is 0.344 e. The summed E-state index contributed by atoms with van der Waals surface area (Å²) in [6.45, 7) is 0. The minimum Gasteiger partial charge on any atom is -0.344 e. The van der Waals surface area contributed by atoms with Crippen molar-refractivity contribution < 1.29 is 9.18 Å². The number of carbonyl (C=O) groups is 1. The second kappa shape index (κ2) is 9.22. The maximum atomic E-state index is 13.4. The number of nitrogens with one attached hydrogen (secondary N) is 1. The van der Waals surface area contributed by atoms with E-state index in [4.69, 9.17) is 0 Å². The quantitative estimate of drug-likeness (QED) is 0.376. The van der Waals surface area contributed by atoms with E-state index in [1.54, 1.807) is 35.9 Å². The topological polar surface area (TPSA) is 72.7 Å². The van der Waals surface area contributed by atoms with E-state index < -0.39 is 0 Å². The highest BCUT2D eigenvalue weighted by molar-refractivity contribution is 7.99. The van der Waals surface area contributed by atoms with Crippen LogP contribution in [0, 0.1) is 5.82 Å². The van der Waals surface area contributed by atoms with Crippen LogP contribution in [0.5, 0.6) is 0 Å². The standard InChI is InChI=1S/C23H20FN5OS2/c24-17-5-3-15(4-6-17)21(19-2-1-13-31-19)26-20(30)14-32-23-28-27-22(29(23)18-7-8-18)16-9-11-25-12-10-16/h1-6,9-13,18,21H,7-8,14H2,(H,26,30)/t21-/m0/s1. The summed E-state index contributed by atoms with van der Waals surface area (Å²) in [6.07, 6.45) is 5.64. The van der Waals surface area contributed by atoms with Gasteiger partial charge in [-0.15, -0.1) is 21.5 Å². The zero-order valence-corrected chi connectivity index (χ0v) is 18.7. The van der Waals surface area contributed by atoms with E-state index in [-0.39, 0.29) is 23.5 Å². The Morgan fingerprint density at radius 2 is 1.94 bits per heavy atom. The Labute approximate surface area is 192 Å². The Bertz CT molecular complexity index is 1190. The second-order valence-electron chi connectivity index (χ2n) is 7.50. The molecule has 162 valence electrons. The molecule has 1 atom stereocenters. The number of halogens is 1. The van der Waals surface area contributed by atoms with E-state index in [0.717, 1.165) is 39.8 Å². The van der Waals surface area contributed by atoms with Crippen molar-refractivity contribution in [1.82, 2.24) is 25.1 Å². The summed E-state index contributed by atoms with van der Waals surface area (Å²) in [5, 5.41) is 14.5. The Hall–Kier alpha value is -3.04. The van der Waals surface area contributed by atoms with Crippen LogP contribution in [0.3, 0.4) is 0 Å². The number of hydrogen-bond acceptors (Lipinski definition) is 6. The number of amides is 1. The van der Waals surface area contributed by atoms with Gasteiger partial charge in [0, 0.05) is 28.9 Å². The molecule has 9 heteroatoms. The molecule has 0 unspecified atom stereocenters. The molecule has 0 aliphatic heterocycles. The summed E-state index contributed by atoms with van der Waals surface area (Å²) < 4.78 is 15.5. The number of rotatable bonds is 8. The number of pyridine rings is 1. The van der Waals surface area contributed by atoms with Crippen molar-refractivity contribution >= 4 is 29.0 Å². The number of thioether (sulfide) groups is 1. The SMILES string of the molecule is O=C(CSc1nnc(-c2ccncc2)n1C1CC1)N[C@@H](c1ccc(F)cc1)c1cccs1. The summed E-state index contributed by atoms with van der Waals surface area (Å²) in [7, 11) is 0. The van der Waals surface area contributed by atoms with E-state index >= 15 is 0 Å². The molecule has 1 aliphatic carbocycles. The maximum absolute atomic E-state index is 13.4. The molecule has 3 heterocycles. The Kier molecular flexibility index (Phi) is 6.00. The predicted octanol–water partition coefficient (Wildman–Crippen LogP) is 4.87. The number of nitrogens with zero attached hydrogens (tertiary/aromatic N) is 4. The van der Waals surface area contributed by atoms with E-state index in [1.165, 1.54) is 23.9 Å². The van der Waals surface area contributed by atoms with Gasteiger partial charge in [-0.1, -0.05) is 30.0 Å². The monoisotopic (exact) mass is 465 g/mol. The average Bonchev–Trinajstić information content (AvgIpc) is 3.33. The first kappa shape index (κ1) is 20.8. The third-order valence-corrected chi connectivity index (χ3v) is 7.06. The van der Waals surface area contributed by atoms with Gasteiger partial charge in [-0.25, -0.2) is 4.39 Å². The molecule has 1 fully saturated rings. The van der Waals surface area contributed by atoms with Gasteiger partial charge in [0.1, 0.15) is 5.82 Å². The summed E-state index contributed by atoms with van der Waals surface area (Å²) >= 11 is 2.94. The molecule has 1 amide bonds. The van der Waals surface area contributed by atoms with Gasteiger partial charge in [-0.05, 0) is 54.1 Å². The smallest absolute Gasteiger partial charge is 0.231 e. The number of thiophene rings is 1. The fourth-order valence-electron chi connectivity index (χ4n) is 3.50. The zero-order valence-electron chi connectivity index (χ0n) is 17.0. The van der Waals surface area contributed by atoms with Gasteiger partial charge in [0.2, 0.25) is 5.91 Å². The highest BCUT2D eigenvalue weighted by Gasteiger charge is 2.30. The van der Waals surface area contributed by atoms with Crippen molar-refractivity contribution in [3.05, 3.63) is 82.6 Å². The lowest BCUT2D eigenvalue weighted by molar-refractivity contribution is -0.119. The van der Waals surface area contributed by atoms with Crippen molar-refractivity contribution in [3.63, 3.8) is 0 Å². The van der Waals surface area contributed by atoms with Gasteiger partial charge in [0.05, 0.1) is 11.8 Å². The Morgan fingerprint density at radius 3 is 2.62 bits per heavy atom. The maximum Gasteiger partial charge on any atom is 0.231 e. The van der Waals surface area contributed by atoms with Gasteiger partial charge >= 0.3 is 0 Å². The van der Waals surface area contributed by atoms with E-state index in [9.17, 15) is 9.18 Å². The van der Waals surface area contributed by atoms with Crippen LogP contribution in [-0.4, -0.2) is 31.4 Å². The predicted molar refractivity (Wildman–Crippen MR) is 123 cm³/mol. The van der Waals surface area contributed by atoms with Crippen LogP contribution in [-0.2, 0) is 4.79 Å². The second-order valence-corrected chi connectivity index (χ2v) is 9.42. The fraction of sp³-hybridized carbons (Fsp3) is 0.217. The highest BCUT2D eigenvalue weighted by atomic mass is 32.2. The third-order valence-electron chi connectivity index (χ3n) is 5.18. The van der Waals surface area contributed by atoms with Crippen LogP contribution < -0.4 is 5.32 Å². The molecule has 1 aromatic carbocycles. The average molecular weight is 466 g/mol. The van der Waals surface area contributed by atoms with Crippen LogP contribution in [0.25, 0.3) is 11.4 Å². The minimum atomic E-state index is -0.322. The molecule has 5 rings (SSSR count). The number of hydrogen-bond donors (Lipinski definition) is 1. The first-order valence-electron chi connectivity index (χ1n) is 10.3. The highest BCUT2D eigenvalue weighted by Crippen LogP contribution is 2.41. The van der Waals surface area contributed by atoms with Crippen LogP contribution in [0.4, 0.5) is 4.39 Å². The molecule has 1 saturated carbocycles. The molecular weight excluding hydrogens is 445 g/mol. The van der Waals surface area contributed by atoms with Crippen molar-refractivity contribution in [3.8, 4) is 11.4 Å². The molecule has 32 heavy (non-hydrogen) atoms. The van der Waals surface area contributed by atoms with Crippen LogP contribution in [0.1, 0.15) is 35.4 Å². The van der Waals surface area contributed by atoms with Gasteiger partial charge in [-0.2, -0.15) is 0 Å².